The SMILES string of the molecule is NC(=O)/C(=C\N/N=C(\N)c1cc(C(F)(F)F)cc(C(F)(F)F)c1)c1ccncc1. The number of amidine groups is 1. The van der Waals surface area contributed by atoms with Crippen LogP contribution in [0.25, 0.3) is 5.57 Å². The second kappa shape index (κ2) is 8.20. The van der Waals surface area contributed by atoms with Gasteiger partial charge in [0.15, 0.2) is 5.84 Å². The van der Waals surface area contributed by atoms with Gasteiger partial charge in [-0.1, -0.05) is 0 Å². The van der Waals surface area contributed by atoms with Gasteiger partial charge in [0, 0.05) is 24.2 Å². The fourth-order valence-corrected chi connectivity index (χ4v) is 2.16. The zero-order chi connectivity index (χ0) is 21.8. The number of hydrazone groups is 1. The molecule has 0 saturated carbocycles. The van der Waals surface area contributed by atoms with Crippen LogP contribution in [-0.4, -0.2) is 16.7 Å². The highest BCUT2D eigenvalue weighted by atomic mass is 19.4. The van der Waals surface area contributed by atoms with Crippen molar-refractivity contribution in [1.29, 1.82) is 0 Å². The summed E-state index contributed by atoms with van der Waals surface area (Å²) >= 11 is 0. The first-order valence-corrected chi connectivity index (χ1v) is 7.68. The highest BCUT2D eigenvalue weighted by Gasteiger charge is 2.37. The molecule has 1 aromatic carbocycles. The van der Waals surface area contributed by atoms with E-state index in [9.17, 15) is 31.1 Å². The van der Waals surface area contributed by atoms with E-state index in [4.69, 9.17) is 11.5 Å². The van der Waals surface area contributed by atoms with E-state index in [1.54, 1.807) is 0 Å². The Morgan fingerprint density at radius 1 is 0.931 bits per heavy atom. The highest BCUT2D eigenvalue weighted by molar-refractivity contribution is 6.18. The molecule has 0 spiro atoms. The molecule has 0 radical (unpaired) electrons. The molecule has 2 rings (SSSR count). The molecule has 6 nitrogen and oxygen atoms in total. The van der Waals surface area contributed by atoms with Crippen molar-refractivity contribution >= 4 is 17.3 Å². The minimum atomic E-state index is -5.02. The number of rotatable bonds is 5. The number of primary amides is 1. The Hall–Kier alpha value is -3.57. The molecular weight excluding hydrogens is 404 g/mol. The third kappa shape index (κ3) is 5.70. The third-order valence-electron chi connectivity index (χ3n) is 3.53. The molecule has 0 aliphatic carbocycles. The summed E-state index contributed by atoms with van der Waals surface area (Å²) in [5.41, 5.74) is 9.55. The zero-order valence-corrected chi connectivity index (χ0v) is 14.3. The Kier molecular flexibility index (Phi) is 6.15. The number of benzene rings is 1. The maximum Gasteiger partial charge on any atom is 0.416 e. The lowest BCUT2D eigenvalue weighted by Crippen LogP contribution is -2.21. The van der Waals surface area contributed by atoms with Gasteiger partial charge in [-0.05, 0) is 35.9 Å². The van der Waals surface area contributed by atoms with Gasteiger partial charge in [0.05, 0.1) is 16.7 Å². The lowest BCUT2D eigenvalue weighted by atomic mass is 10.0. The number of nitrogens with zero attached hydrogens (tertiary/aromatic N) is 2. The molecule has 29 heavy (non-hydrogen) atoms. The number of aromatic nitrogens is 1. The van der Waals surface area contributed by atoms with Crippen molar-refractivity contribution in [2.45, 2.75) is 12.4 Å². The average molecular weight is 417 g/mol. The van der Waals surface area contributed by atoms with Gasteiger partial charge in [0.2, 0.25) is 0 Å². The normalized spacial score (nSPS) is 13.3. The van der Waals surface area contributed by atoms with Crippen LogP contribution in [0.1, 0.15) is 22.3 Å². The standard InChI is InChI=1S/C17H13F6N5O/c18-16(19,20)11-5-10(6-12(7-11)17(21,22)23)14(24)28-27-8-13(15(25)29)9-1-3-26-4-2-9/h1-8,27H,(H2,24,28)(H2,25,29)/b13-8-. The Bertz CT molecular complexity index is 919. The lowest BCUT2D eigenvalue weighted by molar-refractivity contribution is -0.143. The molecule has 0 saturated heterocycles. The molecule has 0 aliphatic rings. The fraction of sp³-hybridized carbons (Fsp3) is 0.118. The van der Waals surface area contributed by atoms with Crippen molar-refractivity contribution in [3.63, 3.8) is 0 Å². The summed E-state index contributed by atoms with van der Waals surface area (Å²) in [5.74, 6) is -1.53. The number of hydrogen-bond acceptors (Lipinski definition) is 4. The second-order valence-electron chi connectivity index (χ2n) is 5.58. The number of carbonyl (C=O) groups is 1. The van der Waals surface area contributed by atoms with Crippen LogP contribution in [-0.2, 0) is 17.1 Å². The Morgan fingerprint density at radius 2 is 1.45 bits per heavy atom. The molecule has 1 aromatic heterocycles. The Morgan fingerprint density at radius 3 is 1.90 bits per heavy atom. The zero-order valence-electron chi connectivity index (χ0n) is 14.3. The van der Waals surface area contributed by atoms with Crippen LogP contribution in [0.2, 0.25) is 0 Å². The van der Waals surface area contributed by atoms with Crippen LogP contribution in [0, 0.1) is 0 Å². The largest absolute Gasteiger partial charge is 0.416 e. The maximum atomic E-state index is 12.9. The molecule has 5 N–H and O–H groups in total. The predicted molar refractivity (Wildman–Crippen MR) is 91.7 cm³/mol. The number of nitrogens with one attached hydrogen (secondary N) is 1. The van der Waals surface area contributed by atoms with Crippen molar-refractivity contribution in [2.75, 3.05) is 0 Å². The molecule has 0 unspecified atom stereocenters. The van der Waals surface area contributed by atoms with Crippen LogP contribution < -0.4 is 16.9 Å². The topological polar surface area (TPSA) is 106 Å². The van der Waals surface area contributed by atoms with Gasteiger partial charge in [-0.2, -0.15) is 31.4 Å². The number of hydrogen-bond donors (Lipinski definition) is 3. The number of pyridine rings is 1. The maximum absolute atomic E-state index is 12.9. The van der Waals surface area contributed by atoms with Gasteiger partial charge in [-0.3, -0.25) is 15.2 Å². The van der Waals surface area contributed by atoms with Gasteiger partial charge < -0.3 is 11.5 Å². The molecule has 0 aliphatic heterocycles. The monoisotopic (exact) mass is 417 g/mol. The summed E-state index contributed by atoms with van der Waals surface area (Å²) in [5, 5.41) is 3.50. The van der Waals surface area contributed by atoms with Crippen LogP contribution >= 0.6 is 0 Å². The van der Waals surface area contributed by atoms with E-state index in [1.165, 1.54) is 24.5 Å². The Balaban J connectivity index is 2.39. The number of carbonyl (C=O) groups excluding carboxylic acids is 1. The first kappa shape index (κ1) is 21.7. The molecule has 0 atom stereocenters. The van der Waals surface area contributed by atoms with Crippen LogP contribution in [0.5, 0.6) is 0 Å². The summed E-state index contributed by atoms with van der Waals surface area (Å²) < 4.78 is 77.4. The number of amides is 1. The summed E-state index contributed by atoms with van der Waals surface area (Å²) in [6.07, 6.45) is -6.28. The minimum absolute atomic E-state index is 0.0290. The van der Waals surface area contributed by atoms with Crippen molar-refractivity contribution in [2.24, 2.45) is 16.6 Å². The van der Waals surface area contributed by atoms with Crippen molar-refractivity contribution < 1.29 is 31.1 Å². The lowest BCUT2D eigenvalue weighted by Gasteiger charge is -2.14. The van der Waals surface area contributed by atoms with E-state index in [2.05, 4.69) is 15.5 Å². The van der Waals surface area contributed by atoms with Crippen molar-refractivity contribution in [1.82, 2.24) is 10.4 Å². The third-order valence-corrected chi connectivity index (χ3v) is 3.53. The summed E-state index contributed by atoms with van der Waals surface area (Å²) in [6.45, 7) is 0. The molecule has 2 aromatic rings. The summed E-state index contributed by atoms with van der Waals surface area (Å²) in [4.78, 5) is 15.3. The van der Waals surface area contributed by atoms with Crippen LogP contribution in [0.4, 0.5) is 26.3 Å². The fourth-order valence-electron chi connectivity index (χ4n) is 2.16. The first-order chi connectivity index (χ1) is 13.4. The summed E-state index contributed by atoms with van der Waals surface area (Å²) in [6, 6.07) is 3.73. The average Bonchev–Trinajstić information content (AvgIpc) is 2.63. The second-order valence-corrected chi connectivity index (χ2v) is 5.58. The van der Waals surface area contributed by atoms with Crippen molar-refractivity contribution in [3.05, 3.63) is 71.2 Å². The molecule has 0 bridgehead atoms. The van der Waals surface area contributed by atoms with Gasteiger partial charge in [0.1, 0.15) is 0 Å². The molecule has 0 fully saturated rings. The van der Waals surface area contributed by atoms with E-state index in [1.807, 2.05) is 0 Å². The quantitative estimate of drug-likeness (QED) is 0.229. The van der Waals surface area contributed by atoms with Gasteiger partial charge >= 0.3 is 12.4 Å². The van der Waals surface area contributed by atoms with Crippen LogP contribution in [0.15, 0.2) is 54.0 Å². The van der Waals surface area contributed by atoms with Crippen molar-refractivity contribution in [3.8, 4) is 0 Å². The first-order valence-electron chi connectivity index (χ1n) is 7.68. The summed E-state index contributed by atoms with van der Waals surface area (Å²) in [7, 11) is 0. The van der Waals surface area contributed by atoms with E-state index in [0.717, 1.165) is 6.20 Å². The van der Waals surface area contributed by atoms with Crippen LogP contribution in [0.3, 0.4) is 0 Å². The number of halogens is 6. The van der Waals surface area contributed by atoms with E-state index >= 15 is 0 Å². The van der Waals surface area contributed by atoms with E-state index in [-0.39, 0.29) is 11.6 Å². The number of alkyl halides is 6. The predicted octanol–water partition coefficient (Wildman–Crippen LogP) is 2.86. The highest BCUT2D eigenvalue weighted by Crippen LogP contribution is 2.36. The molecule has 154 valence electrons. The molecule has 12 heteroatoms. The molecule has 1 amide bonds. The minimum Gasteiger partial charge on any atom is -0.382 e. The molecular formula is C17H13F6N5O. The smallest absolute Gasteiger partial charge is 0.382 e. The van der Waals surface area contributed by atoms with Gasteiger partial charge in [0.25, 0.3) is 5.91 Å². The van der Waals surface area contributed by atoms with E-state index in [0.29, 0.717) is 17.7 Å². The number of nitrogens with two attached hydrogens (primary N) is 2. The van der Waals surface area contributed by atoms with Gasteiger partial charge in [-0.25, -0.2) is 0 Å². The molecule has 1 heterocycles. The van der Waals surface area contributed by atoms with E-state index < -0.39 is 40.8 Å². The Labute approximate surface area is 159 Å². The van der Waals surface area contributed by atoms with Gasteiger partial charge in [-0.15, -0.1) is 0 Å².